The van der Waals surface area contributed by atoms with Crippen LogP contribution in [0.2, 0.25) is 0 Å². The minimum Gasteiger partial charge on any atom is -0.475 e. The Hall–Kier alpha value is -3.25. The molecule has 2 fully saturated rings. The van der Waals surface area contributed by atoms with E-state index in [0.29, 0.717) is 4.88 Å². The van der Waals surface area contributed by atoms with Gasteiger partial charge < -0.3 is 25.7 Å². The lowest BCUT2D eigenvalue weighted by molar-refractivity contribution is -0.193. The van der Waals surface area contributed by atoms with Gasteiger partial charge >= 0.3 is 24.3 Å². The minimum atomic E-state index is -5.08. The summed E-state index contributed by atoms with van der Waals surface area (Å²) >= 11 is 1.39. The Morgan fingerprint density at radius 1 is 0.846 bits per heavy atom. The third-order valence-electron chi connectivity index (χ3n) is 5.62. The van der Waals surface area contributed by atoms with E-state index < -0.39 is 30.2 Å². The van der Waals surface area contributed by atoms with Gasteiger partial charge in [-0.3, -0.25) is 9.69 Å². The molecule has 4 heterocycles. The number of aliphatic carboxylic acids is 2. The smallest absolute Gasteiger partial charge is 0.475 e. The van der Waals surface area contributed by atoms with E-state index in [1.807, 2.05) is 0 Å². The molecule has 2 aliphatic rings. The summed E-state index contributed by atoms with van der Waals surface area (Å²) in [7, 11) is 0. The molecule has 18 heteroatoms. The van der Waals surface area contributed by atoms with Crippen molar-refractivity contribution in [3.8, 4) is 0 Å². The molecule has 0 saturated carbocycles. The molecule has 2 saturated heterocycles. The molecule has 2 aromatic rings. The number of primary amides is 1. The number of carboxylic acids is 2. The van der Waals surface area contributed by atoms with Crippen molar-refractivity contribution in [3.05, 3.63) is 17.3 Å². The number of anilines is 1. The summed E-state index contributed by atoms with van der Waals surface area (Å²) in [6.07, 6.45) is -5.88. The second-order valence-electron chi connectivity index (χ2n) is 8.37. The van der Waals surface area contributed by atoms with Gasteiger partial charge in [0.2, 0.25) is 0 Å². The zero-order valence-corrected chi connectivity index (χ0v) is 21.2. The first kappa shape index (κ1) is 32.0. The van der Waals surface area contributed by atoms with E-state index in [2.05, 4.69) is 24.7 Å². The van der Waals surface area contributed by atoms with Crippen molar-refractivity contribution in [3.63, 3.8) is 0 Å². The molecule has 39 heavy (non-hydrogen) atoms. The highest BCUT2D eigenvalue weighted by Crippen LogP contribution is 2.31. The summed E-state index contributed by atoms with van der Waals surface area (Å²) in [5.74, 6) is -4.98. The molecular formula is C21H26F6N6O5S. The zero-order chi connectivity index (χ0) is 29.4. The number of carboxylic acid groups (broad SMARTS) is 2. The van der Waals surface area contributed by atoms with Gasteiger partial charge in [0, 0.05) is 39.3 Å². The standard InChI is InChI=1S/C17H24N6OS.2C2HF3O2/c18-16(24)14-11-13-15(25-14)17(20-12-19-13)23-9-7-22(8-10-23)6-5-21-3-1-2-4-21;2*3-2(4,5)1(6)7/h11-12H,1-10H2,(H2,18,24);2*(H,6,7). The number of fused-ring (bicyclic) bond motifs is 1. The fourth-order valence-electron chi connectivity index (χ4n) is 3.66. The molecule has 0 bridgehead atoms. The maximum absolute atomic E-state index is 11.4. The molecule has 2 aliphatic heterocycles. The quantitative estimate of drug-likeness (QED) is 0.444. The molecular weight excluding hydrogens is 562 g/mol. The summed E-state index contributed by atoms with van der Waals surface area (Å²) in [6, 6.07) is 1.76. The van der Waals surface area contributed by atoms with Crippen molar-refractivity contribution >= 4 is 45.2 Å². The number of carbonyl (C=O) groups excluding carboxylic acids is 1. The van der Waals surface area contributed by atoms with Crippen LogP contribution in [-0.2, 0) is 9.59 Å². The Balaban J connectivity index is 0.000000317. The molecule has 4 N–H and O–H groups in total. The lowest BCUT2D eigenvalue weighted by atomic mass is 10.3. The Kier molecular flexibility index (Phi) is 11.2. The highest BCUT2D eigenvalue weighted by molar-refractivity contribution is 7.21. The number of carbonyl (C=O) groups is 3. The number of hydrogen-bond donors (Lipinski definition) is 3. The lowest BCUT2D eigenvalue weighted by Gasteiger charge is -2.36. The van der Waals surface area contributed by atoms with Crippen LogP contribution >= 0.6 is 11.3 Å². The molecule has 0 atom stereocenters. The lowest BCUT2D eigenvalue weighted by Crippen LogP contribution is -2.48. The number of aromatic nitrogens is 2. The molecule has 2 aromatic heterocycles. The Morgan fingerprint density at radius 2 is 1.31 bits per heavy atom. The summed E-state index contributed by atoms with van der Waals surface area (Å²) in [6.45, 7) is 8.87. The van der Waals surface area contributed by atoms with Gasteiger partial charge in [-0.25, -0.2) is 19.6 Å². The normalized spacial score (nSPS) is 16.7. The van der Waals surface area contributed by atoms with Crippen LogP contribution in [0.4, 0.5) is 32.2 Å². The van der Waals surface area contributed by atoms with Crippen molar-refractivity contribution in [1.29, 1.82) is 0 Å². The first-order chi connectivity index (χ1) is 18.1. The summed E-state index contributed by atoms with van der Waals surface area (Å²) < 4.78 is 64.4. The number of hydrogen-bond acceptors (Lipinski definition) is 9. The van der Waals surface area contributed by atoms with Gasteiger partial charge in [-0.1, -0.05) is 0 Å². The van der Waals surface area contributed by atoms with Crippen LogP contribution in [0.5, 0.6) is 0 Å². The fraction of sp³-hybridized carbons (Fsp3) is 0.571. The molecule has 0 radical (unpaired) electrons. The SMILES string of the molecule is NC(=O)c1cc2ncnc(N3CCN(CCN4CCCC4)CC3)c2s1.O=C(O)C(F)(F)F.O=C(O)C(F)(F)F. The van der Waals surface area contributed by atoms with E-state index in [1.54, 1.807) is 12.4 Å². The summed E-state index contributed by atoms with van der Waals surface area (Å²) in [5, 5.41) is 14.2. The Bertz CT molecular complexity index is 1110. The van der Waals surface area contributed by atoms with Gasteiger partial charge in [0.05, 0.1) is 15.1 Å². The first-order valence-corrected chi connectivity index (χ1v) is 12.3. The van der Waals surface area contributed by atoms with Crippen LogP contribution in [0, 0.1) is 0 Å². The Morgan fingerprint density at radius 3 is 1.74 bits per heavy atom. The first-order valence-electron chi connectivity index (χ1n) is 11.4. The van der Waals surface area contributed by atoms with Crippen molar-refractivity contribution in [2.75, 3.05) is 57.3 Å². The number of likely N-dealkylation sites (tertiary alicyclic amines) is 1. The second kappa shape index (κ2) is 13.7. The number of rotatable bonds is 5. The fourth-order valence-corrected chi connectivity index (χ4v) is 4.64. The molecule has 4 rings (SSSR count). The average molecular weight is 589 g/mol. The monoisotopic (exact) mass is 588 g/mol. The van der Waals surface area contributed by atoms with Crippen LogP contribution in [-0.4, -0.2) is 113 Å². The number of nitrogens with zero attached hydrogens (tertiary/aromatic N) is 5. The topological polar surface area (TPSA) is 153 Å². The van der Waals surface area contributed by atoms with Gasteiger partial charge in [0.25, 0.3) is 5.91 Å². The maximum Gasteiger partial charge on any atom is 0.490 e. The van der Waals surface area contributed by atoms with Gasteiger partial charge in [0.15, 0.2) is 0 Å². The molecule has 0 spiro atoms. The van der Waals surface area contributed by atoms with E-state index in [1.165, 1.54) is 43.8 Å². The predicted octanol–water partition coefficient (Wildman–Crippen LogP) is 2.27. The van der Waals surface area contributed by atoms with Gasteiger partial charge in [0.1, 0.15) is 12.1 Å². The van der Waals surface area contributed by atoms with E-state index >= 15 is 0 Å². The van der Waals surface area contributed by atoms with Gasteiger partial charge in [-0.2, -0.15) is 26.3 Å². The largest absolute Gasteiger partial charge is 0.490 e. The third kappa shape index (κ3) is 10.1. The molecule has 0 unspecified atom stereocenters. The highest BCUT2D eigenvalue weighted by Gasteiger charge is 2.38. The number of nitrogens with two attached hydrogens (primary N) is 1. The molecule has 0 aromatic carbocycles. The zero-order valence-electron chi connectivity index (χ0n) is 20.3. The van der Waals surface area contributed by atoms with Crippen molar-refractivity contribution in [2.24, 2.45) is 5.73 Å². The van der Waals surface area contributed by atoms with E-state index in [9.17, 15) is 31.1 Å². The van der Waals surface area contributed by atoms with Crippen LogP contribution in [0.1, 0.15) is 22.5 Å². The summed E-state index contributed by atoms with van der Waals surface area (Å²) in [5.41, 5.74) is 6.21. The highest BCUT2D eigenvalue weighted by atomic mass is 32.1. The third-order valence-corrected chi connectivity index (χ3v) is 6.76. The van der Waals surface area contributed by atoms with Crippen LogP contribution in [0.3, 0.4) is 0 Å². The van der Waals surface area contributed by atoms with Crippen LogP contribution < -0.4 is 10.6 Å². The van der Waals surface area contributed by atoms with Gasteiger partial charge in [-0.05, 0) is 32.0 Å². The number of alkyl halides is 6. The Labute approximate surface area is 221 Å². The number of thiophene rings is 1. The van der Waals surface area contributed by atoms with Crippen molar-refractivity contribution in [1.82, 2.24) is 19.8 Å². The maximum atomic E-state index is 11.4. The molecule has 218 valence electrons. The van der Waals surface area contributed by atoms with Crippen molar-refractivity contribution < 1.29 is 50.9 Å². The van der Waals surface area contributed by atoms with E-state index in [4.69, 9.17) is 25.5 Å². The van der Waals surface area contributed by atoms with E-state index in [-0.39, 0.29) is 0 Å². The molecule has 0 aliphatic carbocycles. The van der Waals surface area contributed by atoms with Gasteiger partial charge in [-0.15, -0.1) is 11.3 Å². The molecule has 11 nitrogen and oxygen atoms in total. The summed E-state index contributed by atoms with van der Waals surface area (Å²) in [4.78, 5) is 45.9. The van der Waals surface area contributed by atoms with E-state index in [0.717, 1.165) is 48.8 Å². The minimum absolute atomic E-state index is 0.402. The second-order valence-corrected chi connectivity index (χ2v) is 9.42. The van der Waals surface area contributed by atoms with Crippen LogP contribution in [0.25, 0.3) is 10.2 Å². The molecule has 1 amide bonds. The number of halogens is 6. The predicted molar refractivity (Wildman–Crippen MR) is 128 cm³/mol. The number of amides is 1. The van der Waals surface area contributed by atoms with Crippen LogP contribution in [0.15, 0.2) is 12.4 Å². The average Bonchev–Trinajstić information content (AvgIpc) is 3.52. The number of piperazine rings is 1. The van der Waals surface area contributed by atoms with Crippen molar-refractivity contribution in [2.45, 2.75) is 25.2 Å².